The molecule has 6 nitrogen and oxygen atoms in total. The van der Waals surface area contributed by atoms with Crippen molar-refractivity contribution in [3.63, 3.8) is 0 Å². The van der Waals surface area contributed by atoms with Crippen LogP contribution in [0.4, 0.5) is 5.82 Å². The van der Waals surface area contributed by atoms with Crippen molar-refractivity contribution in [1.82, 2.24) is 19.7 Å². The molecule has 0 bridgehead atoms. The van der Waals surface area contributed by atoms with Gasteiger partial charge in [-0.3, -0.25) is 4.98 Å². The van der Waals surface area contributed by atoms with E-state index in [1.165, 1.54) is 0 Å². The van der Waals surface area contributed by atoms with Gasteiger partial charge in [0, 0.05) is 24.9 Å². The van der Waals surface area contributed by atoms with E-state index < -0.39 is 0 Å². The van der Waals surface area contributed by atoms with Gasteiger partial charge >= 0.3 is 0 Å². The molecular formula is C15H17N5O. The largest absolute Gasteiger partial charge is 0.469 e. The molecule has 0 radical (unpaired) electrons. The van der Waals surface area contributed by atoms with Gasteiger partial charge in [-0.2, -0.15) is 5.10 Å². The maximum Gasteiger partial charge on any atom is 0.173 e. The molecule has 0 fully saturated rings. The van der Waals surface area contributed by atoms with Crippen LogP contribution in [-0.4, -0.2) is 25.8 Å². The van der Waals surface area contributed by atoms with Gasteiger partial charge in [-0.25, -0.2) is 9.67 Å². The summed E-state index contributed by atoms with van der Waals surface area (Å²) in [5.41, 5.74) is 0. The Balaban J connectivity index is 1.60. The van der Waals surface area contributed by atoms with Gasteiger partial charge in [0.2, 0.25) is 0 Å². The zero-order valence-corrected chi connectivity index (χ0v) is 11.8. The van der Waals surface area contributed by atoms with E-state index in [1.54, 1.807) is 29.5 Å². The molecule has 0 saturated heterocycles. The predicted octanol–water partition coefficient (Wildman–Crippen LogP) is 2.69. The molecular weight excluding hydrogens is 266 g/mol. The average Bonchev–Trinajstić information content (AvgIpc) is 3.19. The van der Waals surface area contributed by atoms with Crippen LogP contribution < -0.4 is 5.32 Å². The summed E-state index contributed by atoms with van der Waals surface area (Å²) < 4.78 is 7.02. The lowest BCUT2D eigenvalue weighted by Crippen LogP contribution is -2.17. The van der Waals surface area contributed by atoms with E-state index in [0.717, 1.165) is 24.4 Å². The Morgan fingerprint density at radius 2 is 2.29 bits per heavy atom. The molecule has 3 aromatic rings. The van der Waals surface area contributed by atoms with Gasteiger partial charge < -0.3 is 9.73 Å². The smallest absolute Gasteiger partial charge is 0.173 e. The minimum absolute atomic E-state index is 0.275. The lowest BCUT2D eigenvalue weighted by Gasteiger charge is -2.14. The lowest BCUT2D eigenvalue weighted by molar-refractivity contribution is 0.495. The molecule has 1 unspecified atom stereocenters. The third kappa shape index (κ3) is 3.47. The van der Waals surface area contributed by atoms with Crippen LogP contribution in [0.2, 0.25) is 0 Å². The van der Waals surface area contributed by atoms with Gasteiger partial charge in [-0.15, -0.1) is 0 Å². The number of rotatable bonds is 6. The third-order valence-electron chi connectivity index (χ3n) is 3.16. The van der Waals surface area contributed by atoms with Crippen molar-refractivity contribution in [2.75, 3.05) is 5.32 Å². The van der Waals surface area contributed by atoms with Crippen LogP contribution in [0.25, 0.3) is 5.82 Å². The van der Waals surface area contributed by atoms with Gasteiger partial charge in [0.05, 0.1) is 18.7 Å². The first-order chi connectivity index (χ1) is 10.3. The van der Waals surface area contributed by atoms with Crippen LogP contribution in [0.5, 0.6) is 0 Å². The molecule has 3 heterocycles. The summed E-state index contributed by atoms with van der Waals surface area (Å²) in [5, 5.41) is 7.50. The van der Waals surface area contributed by atoms with Gasteiger partial charge in [0.25, 0.3) is 0 Å². The van der Waals surface area contributed by atoms with Gasteiger partial charge in [-0.05, 0) is 31.5 Å². The minimum atomic E-state index is 0.275. The molecule has 0 aliphatic heterocycles. The predicted molar refractivity (Wildman–Crippen MR) is 79.3 cm³/mol. The van der Waals surface area contributed by atoms with Crippen molar-refractivity contribution >= 4 is 5.82 Å². The fraction of sp³-hybridized carbons (Fsp3) is 0.267. The number of aromatic nitrogens is 4. The van der Waals surface area contributed by atoms with Crippen molar-refractivity contribution in [3.8, 4) is 5.82 Å². The van der Waals surface area contributed by atoms with Gasteiger partial charge in [-0.1, -0.05) is 0 Å². The average molecular weight is 283 g/mol. The maximum atomic E-state index is 5.33. The highest BCUT2D eigenvalue weighted by atomic mass is 16.3. The minimum Gasteiger partial charge on any atom is -0.469 e. The topological polar surface area (TPSA) is 68.8 Å². The molecule has 3 aromatic heterocycles. The van der Waals surface area contributed by atoms with E-state index in [1.807, 2.05) is 24.4 Å². The first-order valence-corrected chi connectivity index (χ1v) is 6.92. The van der Waals surface area contributed by atoms with E-state index in [-0.39, 0.29) is 6.04 Å². The zero-order valence-electron chi connectivity index (χ0n) is 11.8. The van der Waals surface area contributed by atoms with Crippen LogP contribution in [0.3, 0.4) is 0 Å². The summed E-state index contributed by atoms with van der Waals surface area (Å²) in [7, 11) is 0. The van der Waals surface area contributed by atoms with Crippen LogP contribution in [0.15, 0.2) is 53.7 Å². The number of aryl methyl sites for hydroxylation is 1. The van der Waals surface area contributed by atoms with Gasteiger partial charge in [0.15, 0.2) is 5.82 Å². The second-order valence-electron chi connectivity index (χ2n) is 4.88. The standard InChI is InChI=1S/C15H17N5O/c1-12(5-6-13-4-2-9-21-13)18-14-10-16-11-15(19-14)20-8-3-7-17-20/h2-4,7-12H,5-6H2,1H3,(H,18,19). The van der Waals surface area contributed by atoms with Crippen LogP contribution in [0.1, 0.15) is 19.1 Å². The van der Waals surface area contributed by atoms with Crippen LogP contribution >= 0.6 is 0 Å². The number of anilines is 1. The summed E-state index contributed by atoms with van der Waals surface area (Å²) in [6.07, 6.45) is 10.5. The van der Waals surface area contributed by atoms with E-state index in [9.17, 15) is 0 Å². The van der Waals surface area contributed by atoms with Crippen LogP contribution in [0, 0.1) is 0 Å². The normalized spacial score (nSPS) is 12.2. The summed E-state index contributed by atoms with van der Waals surface area (Å²) >= 11 is 0. The first kappa shape index (κ1) is 13.4. The highest BCUT2D eigenvalue weighted by molar-refractivity contribution is 5.36. The zero-order chi connectivity index (χ0) is 14.5. The third-order valence-corrected chi connectivity index (χ3v) is 3.16. The molecule has 0 aliphatic carbocycles. The molecule has 0 aliphatic rings. The SMILES string of the molecule is CC(CCc1ccco1)Nc1cncc(-n2cccn2)n1. The number of nitrogens with zero attached hydrogens (tertiary/aromatic N) is 4. The molecule has 0 aromatic carbocycles. The second-order valence-corrected chi connectivity index (χ2v) is 4.88. The van der Waals surface area contributed by atoms with Crippen molar-refractivity contribution in [2.24, 2.45) is 0 Å². The van der Waals surface area contributed by atoms with Crippen molar-refractivity contribution in [3.05, 3.63) is 55.0 Å². The molecule has 6 heteroatoms. The van der Waals surface area contributed by atoms with E-state index in [0.29, 0.717) is 5.82 Å². The molecule has 3 rings (SSSR count). The number of hydrogen-bond donors (Lipinski definition) is 1. The number of nitrogens with one attached hydrogen (secondary N) is 1. The van der Waals surface area contributed by atoms with E-state index in [4.69, 9.17) is 4.42 Å². The van der Waals surface area contributed by atoms with Crippen molar-refractivity contribution < 1.29 is 4.42 Å². The Labute approximate surface area is 122 Å². The Kier molecular flexibility index (Phi) is 3.95. The summed E-state index contributed by atoms with van der Waals surface area (Å²) in [6.45, 7) is 2.12. The summed E-state index contributed by atoms with van der Waals surface area (Å²) in [5.74, 6) is 2.44. The Bertz CT molecular complexity index is 663. The number of hydrogen-bond acceptors (Lipinski definition) is 5. The quantitative estimate of drug-likeness (QED) is 0.753. The molecule has 21 heavy (non-hydrogen) atoms. The Morgan fingerprint density at radius 3 is 3.05 bits per heavy atom. The first-order valence-electron chi connectivity index (χ1n) is 6.92. The fourth-order valence-corrected chi connectivity index (χ4v) is 2.08. The summed E-state index contributed by atoms with van der Waals surface area (Å²) in [6, 6.07) is 6.03. The highest BCUT2D eigenvalue weighted by Crippen LogP contribution is 2.11. The molecule has 0 spiro atoms. The van der Waals surface area contributed by atoms with Gasteiger partial charge in [0.1, 0.15) is 11.6 Å². The Morgan fingerprint density at radius 1 is 1.33 bits per heavy atom. The molecule has 0 saturated carbocycles. The van der Waals surface area contributed by atoms with Crippen LogP contribution in [-0.2, 0) is 6.42 Å². The van der Waals surface area contributed by atoms with E-state index >= 15 is 0 Å². The molecule has 1 N–H and O–H groups in total. The monoisotopic (exact) mass is 283 g/mol. The van der Waals surface area contributed by atoms with Crippen molar-refractivity contribution in [1.29, 1.82) is 0 Å². The maximum absolute atomic E-state index is 5.33. The lowest BCUT2D eigenvalue weighted by atomic mass is 10.1. The summed E-state index contributed by atoms with van der Waals surface area (Å²) in [4.78, 5) is 8.70. The highest BCUT2D eigenvalue weighted by Gasteiger charge is 2.07. The molecule has 108 valence electrons. The number of furan rings is 1. The Hall–Kier alpha value is -2.63. The van der Waals surface area contributed by atoms with Crippen molar-refractivity contribution in [2.45, 2.75) is 25.8 Å². The molecule has 1 atom stereocenters. The van der Waals surface area contributed by atoms with E-state index in [2.05, 4.69) is 27.3 Å². The molecule has 0 amide bonds. The second kappa shape index (κ2) is 6.21. The fourth-order valence-electron chi connectivity index (χ4n) is 2.08.